The summed E-state index contributed by atoms with van der Waals surface area (Å²) < 4.78 is 27.6. The lowest BCUT2D eigenvalue weighted by atomic mass is 10.2. The summed E-state index contributed by atoms with van der Waals surface area (Å²) >= 11 is 0. The van der Waals surface area contributed by atoms with Gasteiger partial charge in [0.05, 0.1) is 10.5 Å². The summed E-state index contributed by atoms with van der Waals surface area (Å²) in [5.41, 5.74) is 1.37. The van der Waals surface area contributed by atoms with E-state index in [4.69, 9.17) is 9.88 Å². The molecule has 0 aliphatic rings. The van der Waals surface area contributed by atoms with E-state index in [0.29, 0.717) is 5.56 Å². The SMILES string of the molecule is CN(C)c1cccc(C(=O)OCC(=O)Nc2cccc(S(N)(=O)=O)c2)c1. The van der Waals surface area contributed by atoms with Crippen LogP contribution >= 0.6 is 0 Å². The molecule has 0 aliphatic heterocycles. The van der Waals surface area contributed by atoms with Gasteiger partial charge in [-0.25, -0.2) is 18.4 Å². The van der Waals surface area contributed by atoms with Crippen LogP contribution in [0.1, 0.15) is 10.4 Å². The van der Waals surface area contributed by atoms with Gasteiger partial charge in [0.15, 0.2) is 6.61 Å². The van der Waals surface area contributed by atoms with Crippen molar-refractivity contribution < 1.29 is 22.7 Å². The number of ether oxygens (including phenoxy) is 1. The topological polar surface area (TPSA) is 119 Å². The van der Waals surface area contributed by atoms with E-state index in [1.807, 2.05) is 25.1 Å². The third kappa shape index (κ3) is 5.30. The molecule has 0 radical (unpaired) electrons. The van der Waals surface area contributed by atoms with Crippen LogP contribution in [0.4, 0.5) is 11.4 Å². The molecule has 0 aliphatic carbocycles. The normalized spacial score (nSPS) is 10.9. The standard InChI is InChI=1S/C17H19N3O5S/c1-20(2)14-7-3-5-12(9-14)17(22)25-11-16(21)19-13-6-4-8-15(10-13)26(18,23)24/h3-10H,11H2,1-2H3,(H,19,21)(H2,18,23,24). The number of sulfonamides is 1. The number of hydrogen-bond acceptors (Lipinski definition) is 6. The lowest BCUT2D eigenvalue weighted by Crippen LogP contribution is -2.21. The Hall–Kier alpha value is -2.91. The Kier molecular flexibility index (Phi) is 5.96. The van der Waals surface area contributed by atoms with Crippen LogP contribution in [0.25, 0.3) is 0 Å². The second-order valence-electron chi connectivity index (χ2n) is 5.64. The molecule has 0 heterocycles. The van der Waals surface area contributed by atoms with E-state index in [1.165, 1.54) is 24.3 Å². The minimum atomic E-state index is -3.87. The third-order valence-corrected chi connectivity index (χ3v) is 4.29. The van der Waals surface area contributed by atoms with Gasteiger partial charge in [-0.2, -0.15) is 0 Å². The molecule has 0 spiro atoms. The van der Waals surface area contributed by atoms with E-state index in [0.717, 1.165) is 5.69 Å². The monoisotopic (exact) mass is 377 g/mol. The van der Waals surface area contributed by atoms with E-state index in [1.54, 1.807) is 18.2 Å². The Bertz CT molecular complexity index is 926. The molecule has 9 heteroatoms. The fourth-order valence-corrected chi connectivity index (χ4v) is 2.63. The summed E-state index contributed by atoms with van der Waals surface area (Å²) in [4.78, 5) is 25.7. The zero-order chi connectivity index (χ0) is 19.3. The largest absolute Gasteiger partial charge is 0.452 e. The average molecular weight is 377 g/mol. The van der Waals surface area contributed by atoms with Crippen LogP contribution in [-0.2, 0) is 19.6 Å². The number of carbonyl (C=O) groups is 2. The molecule has 0 atom stereocenters. The first kappa shape index (κ1) is 19.4. The molecule has 2 rings (SSSR count). The molecular weight excluding hydrogens is 358 g/mol. The highest BCUT2D eigenvalue weighted by molar-refractivity contribution is 7.89. The Morgan fingerprint density at radius 3 is 2.46 bits per heavy atom. The number of carbonyl (C=O) groups excluding carboxylic acids is 2. The summed E-state index contributed by atoms with van der Waals surface area (Å²) in [7, 11) is -0.193. The first-order valence-electron chi connectivity index (χ1n) is 7.54. The number of esters is 1. The molecule has 138 valence electrons. The van der Waals surface area contributed by atoms with Gasteiger partial charge in [0.25, 0.3) is 5.91 Å². The quantitative estimate of drug-likeness (QED) is 0.730. The van der Waals surface area contributed by atoms with Gasteiger partial charge in [0.2, 0.25) is 10.0 Å². The van der Waals surface area contributed by atoms with Crippen LogP contribution in [-0.4, -0.2) is 41.0 Å². The van der Waals surface area contributed by atoms with Crippen molar-refractivity contribution in [1.82, 2.24) is 0 Å². The highest BCUT2D eigenvalue weighted by atomic mass is 32.2. The Labute approximate surface area is 151 Å². The fourth-order valence-electron chi connectivity index (χ4n) is 2.07. The molecule has 1 amide bonds. The summed E-state index contributed by atoms with van der Waals surface area (Å²) in [6.45, 7) is -0.509. The van der Waals surface area contributed by atoms with Crippen molar-refractivity contribution in [3.63, 3.8) is 0 Å². The highest BCUT2D eigenvalue weighted by Gasteiger charge is 2.13. The van der Waals surface area contributed by atoms with Crippen LogP contribution in [0.3, 0.4) is 0 Å². The number of hydrogen-bond donors (Lipinski definition) is 2. The summed E-state index contributed by atoms with van der Waals surface area (Å²) in [6, 6.07) is 12.2. The molecule has 2 aromatic carbocycles. The first-order valence-corrected chi connectivity index (χ1v) is 9.08. The van der Waals surface area contributed by atoms with Crippen LogP contribution in [0.15, 0.2) is 53.4 Å². The van der Waals surface area contributed by atoms with E-state index in [2.05, 4.69) is 5.32 Å². The molecule has 0 bridgehead atoms. The Balaban J connectivity index is 1.97. The van der Waals surface area contributed by atoms with Gasteiger partial charge >= 0.3 is 5.97 Å². The van der Waals surface area contributed by atoms with Crippen molar-refractivity contribution in [3.05, 3.63) is 54.1 Å². The van der Waals surface area contributed by atoms with Crippen LogP contribution in [0.2, 0.25) is 0 Å². The van der Waals surface area contributed by atoms with Crippen LogP contribution in [0.5, 0.6) is 0 Å². The van der Waals surface area contributed by atoms with Gasteiger partial charge in [-0.05, 0) is 36.4 Å². The third-order valence-electron chi connectivity index (χ3n) is 3.38. The minimum Gasteiger partial charge on any atom is -0.452 e. The lowest BCUT2D eigenvalue weighted by Gasteiger charge is -2.13. The Morgan fingerprint density at radius 1 is 1.12 bits per heavy atom. The highest BCUT2D eigenvalue weighted by Crippen LogP contribution is 2.15. The maximum Gasteiger partial charge on any atom is 0.338 e. The molecule has 26 heavy (non-hydrogen) atoms. The molecule has 3 N–H and O–H groups in total. The first-order chi connectivity index (χ1) is 12.2. The number of nitrogens with two attached hydrogens (primary N) is 1. The predicted molar refractivity (Wildman–Crippen MR) is 97.5 cm³/mol. The van der Waals surface area contributed by atoms with E-state index >= 15 is 0 Å². The number of nitrogens with one attached hydrogen (secondary N) is 1. The van der Waals surface area contributed by atoms with Crippen molar-refractivity contribution in [1.29, 1.82) is 0 Å². The maximum absolute atomic E-state index is 12.0. The van der Waals surface area contributed by atoms with Gasteiger partial charge in [-0.3, -0.25) is 4.79 Å². The number of anilines is 2. The van der Waals surface area contributed by atoms with Crippen molar-refractivity contribution in [2.24, 2.45) is 5.14 Å². The minimum absolute atomic E-state index is 0.132. The van der Waals surface area contributed by atoms with Crippen LogP contribution < -0.4 is 15.4 Å². The molecule has 0 aromatic heterocycles. The molecule has 0 unspecified atom stereocenters. The Morgan fingerprint density at radius 2 is 1.81 bits per heavy atom. The summed E-state index contributed by atoms with van der Waals surface area (Å²) in [5, 5.41) is 7.49. The van der Waals surface area contributed by atoms with Crippen molar-refractivity contribution in [2.75, 3.05) is 30.9 Å². The lowest BCUT2D eigenvalue weighted by molar-refractivity contribution is -0.119. The molecule has 8 nitrogen and oxygen atoms in total. The molecule has 2 aromatic rings. The summed E-state index contributed by atoms with van der Waals surface area (Å²) in [6.07, 6.45) is 0. The summed E-state index contributed by atoms with van der Waals surface area (Å²) in [5.74, 6) is -1.24. The van der Waals surface area contributed by atoms with Gasteiger partial charge in [-0.15, -0.1) is 0 Å². The van der Waals surface area contributed by atoms with Gasteiger partial charge < -0.3 is 15.0 Å². The number of primary sulfonamides is 1. The number of amides is 1. The van der Waals surface area contributed by atoms with Crippen molar-refractivity contribution in [2.45, 2.75) is 4.90 Å². The second kappa shape index (κ2) is 7.98. The zero-order valence-electron chi connectivity index (χ0n) is 14.3. The van der Waals surface area contributed by atoms with Gasteiger partial charge in [-0.1, -0.05) is 12.1 Å². The van der Waals surface area contributed by atoms with Crippen molar-refractivity contribution >= 4 is 33.3 Å². The average Bonchev–Trinajstić information content (AvgIpc) is 2.59. The molecule has 0 saturated carbocycles. The second-order valence-corrected chi connectivity index (χ2v) is 7.20. The van der Waals surface area contributed by atoms with E-state index < -0.39 is 28.5 Å². The predicted octanol–water partition coefficient (Wildman–Crippen LogP) is 1.20. The van der Waals surface area contributed by atoms with Gasteiger partial charge in [0.1, 0.15) is 0 Å². The zero-order valence-corrected chi connectivity index (χ0v) is 15.1. The van der Waals surface area contributed by atoms with E-state index in [-0.39, 0.29) is 10.6 Å². The number of rotatable bonds is 6. The molecule has 0 saturated heterocycles. The van der Waals surface area contributed by atoms with Crippen LogP contribution in [0, 0.1) is 0 Å². The van der Waals surface area contributed by atoms with Gasteiger partial charge in [0, 0.05) is 25.5 Å². The smallest absolute Gasteiger partial charge is 0.338 e. The maximum atomic E-state index is 12.0. The van der Waals surface area contributed by atoms with Crippen molar-refractivity contribution in [3.8, 4) is 0 Å². The number of benzene rings is 2. The number of nitrogens with zero attached hydrogens (tertiary/aromatic N) is 1. The fraction of sp³-hybridized carbons (Fsp3) is 0.176. The van der Waals surface area contributed by atoms with E-state index in [9.17, 15) is 18.0 Å². The molecule has 0 fully saturated rings. The molecular formula is C17H19N3O5S.